The molecule has 0 aliphatic rings. The van der Waals surface area contributed by atoms with Gasteiger partial charge in [-0.1, -0.05) is 12.1 Å². The molecule has 1 aromatic heterocycles. The zero-order valence-electron chi connectivity index (χ0n) is 7.98. The van der Waals surface area contributed by atoms with Gasteiger partial charge in [0, 0.05) is 0 Å². The third kappa shape index (κ3) is 1.59. The number of nitrogens with one attached hydrogen (secondary N) is 1. The van der Waals surface area contributed by atoms with E-state index >= 15 is 0 Å². The Morgan fingerprint density at radius 1 is 1.40 bits per heavy atom. The molecule has 5 nitrogen and oxygen atoms in total. The molecule has 1 heterocycles. The number of aromatic hydroxyl groups is 1. The van der Waals surface area contributed by atoms with Crippen LogP contribution in [-0.4, -0.2) is 17.2 Å². The van der Waals surface area contributed by atoms with Crippen molar-refractivity contribution in [3.8, 4) is 23.0 Å². The van der Waals surface area contributed by atoms with Crippen molar-refractivity contribution < 1.29 is 14.3 Å². The number of para-hydroxylation sites is 1. The molecule has 2 rings (SSSR count). The number of hydrogen-bond donors (Lipinski definition) is 2. The highest BCUT2D eigenvalue weighted by Gasteiger charge is 2.14. The van der Waals surface area contributed by atoms with E-state index in [9.17, 15) is 9.90 Å². The summed E-state index contributed by atoms with van der Waals surface area (Å²) >= 11 is 0. The maximum atomic E-state index is 10.9. The van der Waals surface area contributed by atoms with Crippen molar-refractivity contribution in [3.63, 3.8) is 0 Å². The predicted molar refractivity (Wildman–Crippen MR) is 53.0 cm³/mol. The third-order valence-electron chi connectivity index (χ3n) is 1.98. The van der Waals surface area contributed by atoms with Crippen LogP contribution in [0.15, 0.2) is 33.5 Å². The predicted octanol–water partition coefficient (Wildman–Crippen LogP) is 1.35. The van der Waals surface area contributed by atoms with Crippen LogP contribution in [0.5, 0.6) is 11.6 Å². The average Bonchev–Trinajstić information content (AvgIpc) is 2.57. The Morgan fingerprint density at radius 3 is 2.73 bits per heavy atom. The van der Waals surface area contributed by atoms with Crippen molar-refractivity contribution in [2.45, 2.75) is 0 Å². The van der Waals surface area contributed by atoms with Gasteiger partial charge in [-0.05, 0) is 12.1 Å². The van der Waals surface area contributed by atoms with E-state index in [1.54, 1.807) is 24.3 Å². The molecule has 0 unspecified atom stereocenters. The van der Waals surface area contributed by atoms with Crippen LogP contribution in [0.2, 0.25) is 0 Å². The Kier molecular flexibility index (Phi) is 2.21. The fraction of sp³-hybridized carbons (Fsp3) is 0.100. The Labute approximate surface area is 84.9 Å². The largest absolute Gasteiger partial charge is 0.496 e. The highest BCUT2D eigenvalue weighted by Crippen LogP contribution is 2.33. The molecule has 0 atom stereocenters. The Balaban J connectivity index is 2.63. The first-order valence-corrected chi connectivity index (χ1v) is 4.28. The van der Waals surface area contributed by atoms with Gasteiger partial charge >= 0.3 is 5.76 Å². The SMILES string of the molecule is COc1ccccc1-c1oc(=O)[nH]c1O. The van der Waals surface area contributed by atoms with E-state index in [-0.39, 0.29) is 11.6 Å². The van der Waals surface area contributed by atoms with Crippen LogP contribution in [0.25, 0.3) is 11.3 Å². The minimum Gasteiger partial charge on any atom is -0.496 e. The summed E-state index contributed by atoms with van der Waals surface area (Å²) < 4.78 is 9.88. The second kappa shape index (κ2) is 3.53. The number of ether oxygens (including phenoxy) is 1. The molecular weight excluding hydrogens is 198 g/mol. The summed E-state index contributed by atoms with van der Waals surface area (Å²) in [5.41, 5.74) is 0.524. The van der Waals surface area contributed by atoms with E-state index in [1.165, 1.54) is 7.11 Å². The van der Waals surface area contributed by atoms with Crippen molar-refractivity contribution in [2.24, 2.45) is 0 Å². The van der Waals surface area contributed by atoms with Crippen molar-refractivity contribution in [3.05, 3.63) is 34.8 Å². The standard InChI is InChI=1S/C10H9NO4/c1-14-7-5-3-2-4-6(7)8-9(12)11-10(13)15-8/h2-5,12H,1H3,(H,11,13). The van der Waals surface area contributed by atoms with Gasteiger partial charge in [0.2, 0.25) is 11.6 Å². The molecule has 15 heavy (non-hydrogen) atoms. The van der Waals surface area contributed by atoms with Crippen molar-refractivity contribution >= 4 is 0 Å². The number of oxazole rings is 1. The smallest absolute Gasteiger partial charge is 0.419 e. The molecule has 2 N–H and O–H groups in total. The molecule has 2 aromatic rings. The van der Waals surface area contributed by atoms with Gasteiger partial charge in [0.15, 0.2) is 0 Å². The van der Waals surface area contributed by atoms with Crippen LogP contribution in [0.3, 0.4) is 0 Å². The number of benzene rings is 1. The van der Waals surface area contributed by atoms with Crippen LogP contribution in [0.4, 0.5) is 0 Å². The zero-order chi connectivity index (χ0) is 10.8. The molecule has 0 aliphatic carbocycles. The summed E-state index contributed by atoms with van der Waals surface area (Å²) in [6.07, 6.45) is 0. The Bertz CT molecular complexity index is 526. The van der Waals surface area contributed by atoms with E-state index in [4.69, 9.17) is 9.15 Å². The minimum absolute atomic E-state index is 0.0810. The highest BCUT2D eigenvalue weighted by molar-refractivity contribution is 5.68. The summed E-state index contributed by atoms with van der Waals surface area (Å²) in [6, 6.07) is 6.93. The molecule has 5 heteroatoms. The molecular formula is C10H9NO4. The number of hydrogen-bond acceptors (Lipinski definition) is 4. The van der Waals surface area contributed by atoms with E-state index in [1.807, 2.05) is 0 Å². The summed E-state index contributed by atoms with van der Waals surface area (Å²) in [6.45, 7) is 0. The Morgan fingerprint density at radius 2 is 2.13 bits per heavy atom. The quantitative estimate of drug-likeness (QED) is 0.779. The summed E-state index contributed by atoms with van der Waals surface area (Å²) in [4.78, 5) is 13.0. The van der Waals surface area contributed by atoms with E-state index in [2.05, 4.69) is 4.98 Å². The number of rotatable bonds is 2. The molecule has 0 saturated carbocycles. The van der Waals surface area contributed by atoms with Crippen molar-refractivity contribution in [1.82, 2.24) is 4.98 Å². The van der Waals surface area contributed by atoms with Gasteiger partial charge in [-0.25, -0.2) is 4.79 Å². The monoisotopic (exact) mass is 207 g/mol. The first-order chi connectivity index (χ1) is 7.22. The minimum atomic E-state index is -0.701. The van der Waals surface area contributed by atoms with Crippen molar-refractivity contribution in [2.75, 3.05) is 7.11 Å². The number of aromatic nitrogens is 1. The van der Waals surface area contributed by atoms with Gasteiger partial charge < -0.3 is 14.3 Å². The summed E-state index contributed by atoms with van der Waals surface area (Å²) in [7, 11) is 1.50. The topological polar surface area (TPSA) is 75.5 Å². The Hall–Kier alpha value is -2.17. The maximum absolute atomic E-state index is 10.9. The molecule has 0 aliphatic heterocycles. The van der Waals surface area contributed by atoms with Gasteiger partial charge in [-0.3, -0.25) is 4.98 Å². The summed E-state index contributed by atoms with van der Waals surface area (Å²) in [5, 5.41) is 9.40. The first-order valence-electron chi connectivity index (χ1n) is 4.28. The number of H-pyrrole nitrogens is 1. The van der Waals surface area contributed by atoms with E-state index in [0.29, 0.717) is 11.3 Å². The van der Waals surface area contributed by atoms with Gasteiger partial charge in [0.05, 0.1) is 12.7 Å². The maximum Gasteiger partial charge on any atom is 0.419 e. The van der Waals surface area contributed by atoms with E-state index in [0.717, 1.165) is 0 Å². The summed E-state index contributed by atoms with van der Waals surface area (Å²) in [5.74, 6) is -0.397. The number of aromatic amines is 1. The second-order valence-corrected chi connectivity index (χ2v) is 2.89. The molecule has 0 saturated heterocycles. The lowest BCUT2D eigenvalue weighted by Crippen LogP contribution is -1.93. The van der Waals surface area contributed by atoms with Gasteiger partial charge in [0.25, 0.3) is 0 Å². The molecule has 0 radical (unpaired) electrons. The second-order valence-electron chi connectivity index (χ2n) is 2.89. The van der Waals surface area contributed by atoms with Gasteiger partial charge in [0.1, 0.15) is 5.75 Å². The number of methoxy groups -OCH3 is 1. The average molecular weight is 207 g/mol. The van der Waals surface area contributed by atoms with E-state index < -0.39 is 5.76 Å². The lowest BCUT2D eigenvalue weighted by molar-refractivity contribution is 0.412. The zero-order valence-corrected chi connectivity index (χ0v) is 7.98. The van der Waals surface area contributed by atoms with Crippen LogP contribution < -0.4 is 10.5 Å². The van der Waals surface area contributed by atoms with Gasteiger partial charge in [-0.15, -0.1) is 0 Å². The fourth-order valence-electron chi connectivity index (χ4n) is 1.33. The molecule has 1 aromatic carbocycles. The van der Waals surface area contributed by atoms with Crippen LogP contribution in [0.1, 0.15) is 0 Å². The first kappa shape index (κ1) is 9.39. The van der Waals surface area contributed by atoms with Gasteiger partial charge in [-0.2, -0.15) is 0 Å². The van der Waals surface area contributed by atoms with Crippen molar-refractivity contribution in [1.29, 1.82) is 0 Å². The van der Waals surface area contributed by atoms with Crippen LogP contribution in [-0.2, 0) is 0 Å². The fourth-order valence-corrected chi connectivity index (χ4v) is 1.33. The lowest BCUT2D eigenvalue weighted by Gasteiger charge is -2.04. The normalized spacial score (nSPS) is 10.2. The molecule has 0 fully saturated rings. The van der Waals surface area contributed by atoms with Crippen LogP contribution in [0, 0.1) is 0 Å². The third-order valence-corrected chi connectivity index (χ3v) is 1.98. The molecule has 0 bridgehead atoms. The lowest BCUT2D eigenvalue weighted by atomic mass is 10.1. The highest BCUT2D eigenvalue weighted by atomic mass is 16.5. The molecule has 0 spiro atoms. The molecule has 78 valence electrons. The van der Waals surface area contributed by atoms with Crippen LogP contribution >= 0.6 is 0 Å². The molecule has 0 amide bonds.